The summed E-state index contributed by atoms with van der Waals surface area (Å²) < 4.78 is 26.3. The number of nitrogens with zero attached hydrogens (tertiary/aromatic N) is 1. The lowest BCUT2D eigenvalue weighted by Crippen LogP contribution is -2.14. The van der Waals surface area contributed by atoms with E-state index < -0.39 is 23.1 Å². The highest BCUT2D eigenvalue weighted by Gasteiger charge is 2.15. The zero-order valence-corrected chi connectivity index (χ0v) is 9.71. The monoisotopic (exact) mass is 268 g/mol. The van der Waals surface area contributed by atoms with Crippen molar-refractivity contribution in [3.63, 3.8) is 0 Å². The molecule has 92 valence electrons. The van der Waals surface area contributed by atoms with E-state index in [4.69, 9.17) is 11.6 Å². The van der Waals surface area contributed by atoms with Gasteiger partial charge in [-0.1, -0.05) is 17.7 Å². The Balaban J connectivity index is 2.28. The molecule has 0 spiro atoms. The summed E-state index contributed by atoms with van der Waals surface area (Å²) in [7, 11) is 0. The summed E-state index contributed by atoms with van der Waals surface area (Å²) in [6.45, 7) is 0. The number of anilines is 1. The topological polar surface area (TPSA) is 42.0 Å². The molecule has 0 atom stereocenters. The summed E-state index contributed by atoms with van der Waals surface area (Å²) in [5.74, 6) is -3.07. The van der Waals surface area contributed by atoms with Crippen LogP contribution in [0.15, 0.2) is 36.7 Å². The van der Waals surface area contributed by atoms with Gasteiger partial charge < -0.3 is 5.32 Å². The zero-order valence-electron chi connectivity index (χ0n) is 8.95. The summed E-state index contributed by atoms with van der Waals surface area (Å²) in [4.78, 5) is 15.5. The maximum Gasteiger partial charge on any atom is 0.258 e. The van der Waals surface area contributed by atoms with Gasteiger partial charge in [-0.25, -0.2) is 8.78 Å². The van der Waals surface area contributed by atoms with Gasteiger partial charge in [-0.2, -0.15) is 0 Å². The minimum Gasteiger partial charge on any atom is -0.319 e. The SMILES string of the molecule is O=C(Nc1cnccc1Cl)c1cccc(F)c1F. The molecule has 6 heteroatoms. The molecule has 1 aromatic carbocycles. The van der Waals surface area contributed by atoms with E-state index in [1.54, 1.807) is 0 Å². The molecule has 0 aliphatic heterocycles. The Bertz CT molecular complexity index is 604. The predicted molar refractivity (Wildman–Crippen MR) is 63.6 cm³/mol. The Kier molecular flexibility index (Phi) is 3.53. The van der Waals surface area contributed by atoms with E-state index in [9.17, 15) is 13.6 Å². The molecular weight excluding hydrogens is 262 g/mol. The lowest BCUT2D eigenvalue weighted by Gasteiger charge is -2.07. The van der Waals surface area contributed by atoms with Gasteiger partial charge in [0.1, 0.15) is 0 Å². The lowest BCUT2D eigenvalue weighted by atomic mass is 10.2. The fourth-order valence-corrected chi connectivity index (χ4v) is 1.49. The van der Waals surface area contributed by atoms with Crippen LogP contribution in [0, 0.1) is 11.6 Å². The molecule has 1 aromatic heterocycles. The molecule has 1 amide bonds. The first-order valence-electron chi connectivity index (χ1n) is 4.94. The highest BCUT2D eigenvalue weighted by Crippen LogP contribution is 2.20. The van der Waals surface area contributed by atoms with Crippen molar-refractivity contribution >= 4 is 23.2 Å². The molecule has 0 saturated heterocycles. The van der Waals surface area contributed by atoms with Crippen molar-refractivity contribution in [1.29, 1.82) is 0 Å². The van der Waals surface area contributed by atoms with Crippen LogP contribution in [0.25, 0.3) is 0 Å². The van der Waals surface area contributed by atoms with Crippen LogP contribution < -0.4 is 5.32 Å². The van der Waals surface area contributed by atoms with Crippen LogP contribution in [0.1, 0.15) is 10.4 Å². The van der Waals surface area contributed by atoms with Crippen LogP contribution in [-0.4, -0.2) is 10.9 Å². The number of carbonyl (C=O) groups is 1. The Morgan fingerprint density at radius 3 is 2.78 bits per heavy atom. The molecule has 0 bridgehead atoms. The summed E-state index contributed by atoms with van der Waals surface area (Å²) in [6, 6.07) is 4.83. The Morgan fingerprint density at radius 1 is 1.28 bits per heavy atom. The molecule has 0 aliphatic carbocycles. The molecular formula is C12H7ClF2N2O. The van der Waals surface area contributed by atoms with Crippen molar-refractivity contribution in [2.75, 3.05) is 5.32 Å². The van der Waals surface area contributed by atoms with E-state index in [0.717, 1.165) is 6.07 Å². The molecule has 1 N–H and O–H groups in total. The third-order valence-corrected chi connectivity index (χ3v) is 2.54. The molecule has 0 fully saturated rings. The summed E-state index contributed by atoms with van der Waals surface area (Å²) in [6.07, 6.45) is 2.76. The van der Waals surface area contributed by atoms with Crippen molar-refractivity contribution in [3.05, 3.63) is 58.9 Å². The van der Waals surface area contributed by atoms with Crippen molar-refractivity contribution < 1.29 is 13.6 Å². The second-order valence-electron chi connectivity index (χ2n) is 3.41. The number of hydrogen-bond acceptors (Lipinski definition) is 2. The maximum absolute atomic E-state index is 13.4. The number of amides is 1. The third-order valence-electron chi connectivity index (χ3n) is 2.21. The largest absolute Gasteiger partial charge is 0.319 e. The van der Waals surface area contributed by atoms with Gasteiger partial charge in [0.15, 0.2) is 11.6 Å². The number of benzene rings is 1. The number of pyridine rings is 1. The third kappa shape index (κ3) is 2.46. The van der Waals surface area contributed by atoms with Crippen molar-refractivity contribution in [1.82, 2.24) is 4.98 Å². The average Bonchev–Trinajstić information content (AvgIpc) is 2.35. The smallest absolute Gasteiger partial charge is 0.258 e. The summed E-state index contributed by atoms with van der Waals surface area (Å²) >= 11 is 5.80. The minimum atomic E-state index is -1.20. The number of carbonyl (C=O) groups excluding carboxylic acids is 1. The van der Waals surface area contributed by atoms with Crippen LogP contribution in [0.5, 0.6) is 0 Å². The summed E-state index contributed by atoms with van der Waals surface area (Å²) in [5, 5.41) is 2.61. The van der Waals surface area contributed by atoms with E-state index in [2.05, 4.69) is 10.3 Å². The Labute approximate surface area is 106 Å². The van der Waals surface area contributed by atoms with Gasteiger partial charge in [-0.05, 0) is 18.2 Å². The molecule has 2 aromatic rings. The Morgan fingerprint density at radius 2 is 2.06 bits per heavy atom. The van der Waals surface area contributed by atoms with E-state index in [-0.39, 0.29) is 10.7 Å². The molecule has 3 nitrogen and oxygen atoms in total. The van der Waals surface area contributed by atoms with E-state index in [1.807, 2.05) is 0 Å². The van der Waals surface area contributed by atoms with Crippen LogP contribution >= 0.6 is 11.6 Å². The van der Waals surface area contributed by atoms with Gasteiger partial charge in [0.05, 0.1) is 22.5 Å². The van der Waals surface area contributed by atoms with Gasteiger partial charge in [-0.3, -0.25) is 9.78 Å². The highest BCUT2D eigenvalue weighted by molar-refractivity contribution is 6.33. The highest BCUT2D eigenvalue weighted by atomic mass is 35.5. The number of rotatable bonds is 2. The fraction of sp³-hybridized carbons (Fsp3) is 0. The second kappa shape index (κ2) is 5.10. The van der Waals surface area contributed by atoms with Crippen molar-refractivity contribution in [2.45, 2.75) is 0 Å². The quantitative estimate of drug-likeness (QED) is 0.908. The van der Waals surface area contributed by atoms with E-state index in [1.165, 1.54) is 30.6 Å². The van der Waals surface area contributed by atoms with Gasteiger partial charge in [0.25, 0.3) is 5.91 Å². The molecule has 0 saturated carbocycles. The lowest BCUT2D eigenvalue weighted by molar-refractivity contribution is 0.102. The molecule has 18 heavy (non-hydrogen) atoms. The minimum absolute atomic E-state index is 0.229. The molecule has 0 unspecified atom stereocenters. The molecule has 0 radical (unpaired) electrons. The predicted octanol–water partition coefficient (Wildman–Crippen LogP) is 3.27. The first-order valence-corrected chi connectivity index (χ1v) is 5.32. The van der Waals surface area contributed by atoms with Gasteiger partial charge in [0.2, 0.25) is 0 Å². The normalized spacial score (nSPS) is 10.2. The van der Waals surface area contributed by atoms with Crippen molar-refractivity contribution in [3.8, 4) is 0 Å². The number of halogens is 3. The summed E-state index contributed by atoms with van der Waals surface area (Å²) in [5.41, 5.74) is -0.164. The standard InChI is InChI=1S/C12H7ClF2N2O/c13-8-4-5-16-6-10(8)17-12(18)7-2-1-3-9(14)11(7)15/h1-6H,(H,17,18). The van der Waals surface area contributed by atoms with Gasteiger partial charge in [0, 0.05) is 6.20 Å². The van der Waals surface area contributed by atoms with Crippen LogP contribution in [0.4, 0.5) is 14.5 Å². The van der Waals surface area contributed by atoms with Gasteiger partial charge >= 0.3 is 0 Å². The number of hydrogen-bond donors (Lipinski definition) is 1. The molecule has 1 heterocycles. The second-order valence-corrected chi connectivity index (χ2v) is 3.82. The van der Waals surface area contributed by atoms with Crippen LogP contribution in [0.3, 0.4) is 0 Å². The van der Waals surface area contributed by atoms with E-state index in [0.29, 0.717) is 0 Å². The van der Waals surface area contributed by atoms with Crippen LogP contribution in [0.2, 0.25) is 5.02 Å². The molecule has 0 aliphatic rings. The van der Waals surface area contributed by atoms with Crippen molar-refractivity contribution in [2.24, 2.45) is 0 Å². The number of aromatic nitrogens is 1. The fourth-order valence-electron chi connectivity index (χ4n) is 1.34. The average molecular weight is 269 g/mol. The Hall–Kier alpha value is -2.01. The van der Waals surface area contributed by atoms with Crippen LogP contribution in [-0.2, 0) is 0 Å². The molecule has 2 rings (SSSR count). The maximum atomic E-state index is 13.4. The first kappa shape index (κ1) is 12.4. The first-order chi connectivity index (χ1) is 8.59. The van der Waals surface area contributed by atoms with E-state index >= 15 is 0 Å². The number of nitrogens with one attached hydrogen (secondary N) is 1. The zero-order chi connectivity index (χ0) is 13.1. The van der Waals surface area contributed by atoms with Gasteiger partial charge in [-0.15, -0.1) is 0 Å².